The first-order valence-electron chi connectivity index (χ1n) is 4.51. The molecule has 0 nitrogen and oxygen atoms in total. The van der Waals surface area contributed by atoms with Gasteiger partial charge in [-0.3, -0.25) is 0 Å². The van der Waals surface area contributed by atoms with Gasteiger partial charge in [0.25, 0.3) is 0 Å². The van der Waals surface area contributed by atoms with Gasteiger partial charge in [-0.05, 0) is 5.92 Å². The summed E-state index contributed by atoms with van der Waals surface area (Å²) >= 11 is 0. The van der Waals surface area contributed by atoms with Gasteiger partial charge in [-0.1, -0.05) is 19.8 Å². The molecule has 0 heterocycles. The van der Waals surface area contributed by atoms with Crippen molar-refractivity contribution in [2.45, 2.75) is 19.8 Å². The van der Waals surface area contributed by atoms with Crippen LogP contribution in [0.2, 0.25) is 0 Å². The Morgan fingerprint density at radius 3 is 0.650 bits per heavy atom. The maximum Gasteiger partial charge on any atom is 1.00 e. The van der Waals surface area contributed by atoms with E-state index in [1.807, 2.05) is 0 Å². The van der Waals surface area contributed by atoms with Crippen LogP contribution in [0, 0.1) is 5.92 Å². The van der Waals surface area contributed by atoms with E-state index < -0.39 is 21.8 Å². The summed E-state index contributed by atoms with van der Waals surface area (Å²) < 4.78 is 117. The predicted octanol–water partition coefficient (Wildman–Crippen LogP) is 2.43. The second-order valence-electron chi connectivity index (χ2n) is 3.17. The van der Waals surface area contributed by atoms with E-state index in [-0.39, 0.29) is 52.8 Å². The van der Waals surface area contributed by atoms with Gasteiger partial charge in [0.15, 0.2) is 0 Å². The van der Waals surface area contributed by atoms with Crippen LogP contribution in [0.3, 0.4) is 0 Å². The number of hydrogen-bond donors (Lipinski definition) is 0. The summed E-state index contributed by atoms with van der Waals surface area (Å²) in [4.78, 5) is 0. The van der Waals surface area contributed by atoms with Gasteiger partial charge < -0.3 is 53.2 Å². The van der Waals surface area contributed by atoms with E-state index in [1.165, 1.54) is 12.8 Å². The zero-order valence-corrected chi connectivity index (χ0v) is 13.4. The van der Waals surface area contributed by atoms with Crippen LogP contribution in [0.5, 0.6) is 0 Å². The molecule has 0 aromatic carbocycles. The largest absolute Gasteiger partial charge is 1.00 e. The van der Waals surface area contributed by atoms with Crippen LogP contribution >= 0.6 is 0 Å². The minimum absolute atomic E-state index is 0. The summed E-state index contributed by atoms with van der Waals surface area (Å²) in [7, 11) is -18.0. The Morgan fingerprint density at radius 1 is 0.600 bits per heavy atom. The zero-order chi connectivity index (χ0) is 16.5. The Balaban J connectivity index is -0.0000000525. The maximum absolute atomic E-state index is 9.75. The first kappa shape index (κ1) is 29.1. The van der Waals surface area contributed by atoms with Crippen molar-refractivity contribution in [1.82, 2.24) is 0 Å². The third kappa shape index (κ3) is 386. The van der Waals surface area contributed by atoms with Crippen molar-refractivity contribution in [3.63, 3.8) is 0 Å². The van der Waals surface area contributed by atoms with Gasteiger partial charge in [0.2, 0.25) is 0 Å². The molecule has 0 saturated heterocycles. The summed E-state index contributed by atoms with van der Waals surface area (Å²) in [6.07, 6.45) is 2.97. The summed E-state index contributed by atoms with van der Waals surface area (Å²) in [5.41, 5.74) is 0. The van der Waals surface area contributed by atoms with Crippen molar-refractivity contribution in [3.8, 4) is 0 Å². The van der Waals surface area contributed by atoms with Crippen LogP contribution < -0.4 is 51.4 Å². The fraction of sp³-hybridized carbons (Fsp3) is 1.00. The topological polar surface area (TPSA) is 0 Å². The Kier molecular flexibility index (Phi) is 18.2. The molecule has 0 aromatic rings. The molecule has 1 aliphatic carbocycles. The van der Waals surface area contributed by atoms with Gasteiger partial charge in [0, 0.05) is 0 Å². The first-order valence-corrected chi connectivity index (χ1v) is 4.51. The van der Waals surface area contributed by atoms with Crippen molar-refractivity contribution in [3.05, 3.63) is 0 Å². The zero-order valence-electron chi connectivity index (χ0n) is 11.3. The average Bonchev–Trinajstić information content (AvgIpc) is 2.57. The van der Waals surface area contributed by atoms with E-state index in [0.29, 0.717) is 0 Å². The third-order valence-corrected chi connectivity index (χ3v) is 0.866. The number of hydrogen-bond acceptors (Lipinski definition) is 0. The van der Waals surface area contributed by atoms with E-state index in [0.717, 1.165) is 5.92 Å². The van der Waals surface area contributed by atoms with Crippen molar-refractivity contribution >= 4 is 21.8 Å². The fourth-order valence-electron chi connectivity index (χ4n) is 0.167. The summed E-state index contributed by atoms with van der Waals surface area (Å²) in [5.74, 6) is 1.08. The summed E-state index contributed by atoms with van der Waals surface area (Å²) in [6.45, 7) is 2.28. The van der Waals surface area contributed by atoms with Gasteiger partial charge in [-0.15, -0.1) is 0 Å². The van der Waals surface area contributed by atoms with Crippen molar-refractivity contribution in [2.24, 2.45) is 5.92 Å². The molecule has 122 valence electrons. The molecule has 1 fully saturated rings. The molecular formula is C4H9B3F12K-3. The normalized spacial score (nSPS) is 14.2. The smallest absolute Gasteiger partial charge is 1.00 e. The molecule has 1 rings (SSSR count). The Bertz CT molecular complexity index is 165. The Labute approximate surface area is 151 Å². The standard InChI is InChI=1S/C4H8.3BF4.K.H/c1-4-2-3-4;3*2-1(3,4)5;;/h4H,2-3H2,1H3;;;;;/q;3*-1;+1;-1. The Hall–Kier alpha value is 0.991. The molecule has 0 unspecified atom stereocenters. The van der Waals surface area contributed by atoms with Crippen LogP contribution in [-0.4, -0.2) is 21.8 Å². The molecular weight excluding hydrogens is 348 g/mol. The van der Waals surface area contributed by atoms with E-state index in [1.54, 1.807) is 0 Å². The SMILES string of the molecule is CC1CC1.F[B-](F)(F)F.F[B-](F)(F)F.F[B-](F)(F)F.[H-].[K+]. The van der Waals surface area contributed by atoms with Crippen molar-refractivity contribution in [1.29, 1.82) is 0 Å². The molecule has 16 heteroatoms. The van der Waals surface area contributed by atoms with E-state index in [2.05, 4.69) is 6.92 Å². The van der Waals surface area contributed by atoms with Gasteiger partial charge in [0.05, 0.1) is 0 Å². The van der Waals surface area contributed by atoms with Gasteiger partial charge >= 0.3 is 73.1 Å². The quantitative estimate of drug-likeness (QED) is 0.462. The predicted molar refractivity (Wildman–Crippen MR) is 50.1 cm³/mol. The molecule has 0 atom stereocenters. The average molecular weight is 357 g/mol. The molecule has 0 amide bonds. The number of halogens is 12. The molecule has 1 aliphatic rings. The minimum Gasteiger partial charge on any atom is -1.00 e. The molecule has 0 spiro atoms. The van der Waals surface area contributed by atoms with Crippen molar-refractivity contribution < 1.29 is 105 Å². The molecule has 1 saturated carbocycles. The second kappa shape index (κ2) is 12.5. The van der Waals surface area contributed by atoms with Crippen LogP contribution in [0.4, 0.5) is 51.8 Å². The minimum atomic E-state index is -6.00. The molecule has 0 aromatic heterocycles. The van der Waals surface area contributed by atoms with Gasteiger partial charge in [0.1, 0.15) is 0 Å². The van der Waals surface area contributed by atoms with Crippen LogP contribution in [0.15, 0.2) is 0 Å². The maximum atomic E-state index is 9.75. The van der Waals surface area contributed by atoms with E-state index in [9.17, 15) is 51.8 Å². The van der Waals surface area contributed by atoms with Crippen LogP contribution in [-0.2, 0) is 0 Å². The van der Waals surface area contributed by atoms with Crippen LogP contribution in [0.25, 0.3) is 0 Å². The monoisotopic (exact) mass is 357 g/mol. The van der Waals surface area contributed by atoms with E-state index in [4.69, 9.17) is 0 Å². The van der Waals surface area contributed by atoms with Gasteiger partial charge in [-0.25, -0.2) is 0 Å². The first-order chi connectivity index (χ1) is 7.89. The van der Waals surface area contributed by atoms with E-state index >= 15 is 0 Å². The third-order valence-electron chi connectivity index (χ3n) is 0.866. The fourth-order valence-corrected chi connectivity index (χ4v) is 0.167. The second-order valence-corrected chi connectivity index (χ2v) is 3.17. The molecule has 0 bridgehead atoms. The van der Waals surface area contributed by atoms with Crippen LogP contribution in [0.1, 0.15) is 21.2 Å². The number of rotatable bonds is 0. The Morgan fingerprint density at radius 2 is 0.650 bits per heavy atom. The molecule has 0 aliphatic heterocycles. The van der Waals surface area contributed by atoms with Gasteiger partial charge in [-0.2, -0.15) is 0 Å². The van der Waals surface area contributed by atoms with Crippen molar-refractivity contribution in [2.75, 3.05) is 0 Å². The molecule has 20 heavy (non-hydrogen) atoms. The molecule has 0 radical (unpaired) electrons. The molecule has 0 N–H and O–H groups in total. The summed E-state index contributed by atoms with van der Waals surface area (Å²) in [5, 5.41) is 0. The summed E-state index contributed by atoms with van der Waals surface area (Å²) in [6, 6.07) is 0.